The molecule has 2 aliphatic carbocycles. The highest BCUT2D eigenvalue weighted by Gasteiger charge is 2.47. The summed E-state index contributed by atoms with van der Waals surface area (Å²) in [4.78, 5) is 15.9. The van der Waals surface area contributed by atoms with Gasteiger partial charge in [-0.1, -0.05) is 24.3 Å². The average Bonchev–Trinajstić information content (AvgIpc) is 3.19. The molecule has 6 heteroatoms. The average molecular weight is 415 g/mol. The molecule has 0 unspecified atom stereocenters. The van der Waals surface area contributed by atoms with Crippen LogP contribution in [0.4, 0.5) is 0 Å². The van der Waals surface area contributed by atoms with E-state index in [1.54, 1.807) is 0 Å². The van der Waals surface area contributed by atoms with Crippen LogP contribution in [-0.2, 0) is 11.8 Å². The summed E-state index contributed by atoms with van der Waals surface area (Å²) in [6.07, 6.45) is 8.58. The van der Waals surface area contributed by atoms with E-state index in [9.17, 15) is 4.79 Å². The third-order valence-corrected chi connectivity index (χ3v) is 7.01. The number of halogens is 1. The molecule has 1 saturated heterocycles. The Kier molecular flexibility index (Phi) is 5.71. The van der Waals surface area contributed by atoms with Crippen LogP contribution in [0, 0.1) is 12.8 Å². The molecule has 0 spiro atoms. The number of nitrogens with one attached hydrogen (secondary N) is 1. The fourth-order valence-electron chi connectivity index (χ4n) is 5.24. The van der Waals surface area contributed by atoms with Crippen molar-refractivity contribution in [2.75, 3.05) is 13.1 Å². The Morgan fingerprint density at radius 3 is 2.59 bits per heavy atom. The summed E-state index contributed by atoms with van der Waals surface area (Å²) in [5.74, 6) is 1.27. The molecule has 2 heterocycles. The molecule has 5 nitrogen and oxygen atoms in total. The first-order valence-corrected chi connectivity index (χ1v) is 10.7. The van der Waals surface area contributed by atoms with Crippen molar-refractivity contribution in [3.63, 3.8) is 0 Å². The Morgan fingerprint density at radius 1 is 1.17 bits per heavy atom. The van der Waals surface area contributed by atoms with Gasteiger partial charge in [-0.3, -0.25) is 9.48 Å². The lowest BCUT2D eigenvalue weighted by Crippen LogP contribution is -2.51. The minimum Gasteiger partial charge on any atom is -0.336 e. The van der Waals surface area contributed by atoms with Gasteiger partial charge in [0.1, 0.15) is 0 Å². The molecular formula is C23H31ClN4O. The molecule has 2 aromatic rings. The van der Waals surface area contributed by atoms with Gasteiger partial charge in [0.25, 0.3) is 0 Å². The molecule has 3 aliphatic rings. The standard InChI is InChI=1S/C23H30N4O.ClH/c1-15-5-3-4-6-20(15)16-9-19(10-16)27(18-7-8-18)23(28)22-13-24-12-21(22)17-11-25-26(2)14-17;/h3-6,11,14,16,18-19,21-22,24H,7-10,12-13H2,1-2H3;1H/t16?,19?,21-,22+;/m1./s1. The molecule has 1 aliphatic heterocycles. The lowest BCUT2D eigenvalue weighted by Gasteiger charge is -2.45. The van der Waals surface area contributed by atoms with Crippen LogP contribution in [-0.4, -0.2) is 45.8 Å². The monoisotopic (exact) mass is 414 g/mol. The van der Waals surface area contributed by atoms with Gasteiger partial charge in [0.15, 0.2) is 0 Å². The lowest BCUT2D eigenvalue weighted by molar-refractivity contribution is -0.140. The van der Waals surface area contributed by atoms with Gasteiger partial charge in [-0.25, -0.2) is 0 Å². The second kappa shape index (κ2) is 8.11. The van der Waals surface area contributed by atoms with E-state index >= 15 is 0 Å². The maximum Gasteiger partial charge on any atom is 0.228 e. The number of amides is 1. The molecule has 2 atom stereocenters. The van der Waals surface area contributed by atoms with E-state index in [-0.39, 0.29) is 24.2 Å². The van der Waals surface area contributed by atoms with Crippen LogP contribution >= 0.6 is 12.4 Å². The summed E-state index contributed by atoms with van der Waals surface area (Å²) in [6, 6.07) is 9.61. The largest absolute Gasteiger partial charge is 0.336 e. The van der Waals surface area contributed by atoms with Crippen molar-refractivity contribution in [1.29, 1.82) is 0 Å². The molecule has 3 fully saturated rings. The third-order valence-electron chi connectivity index (χ3n) is 7.01. The van der Waals surface area contributed by atoms with Gasteiger partial charge in [-0.15, -0.1) is 12.4 Å². The fraction of sp³-hybridized carbons (Fsp3) is 0.565. The number of benzene rings is 1. The van der Waals surface area contributed by atoms with Crippen LogP contribution in [0.2, 0.25) is 0 Å². The molecule has 156 valence electrons. The van der Waals surface area contributed by atoms with Crippen LogP contribution < -0.4 is 5.32 Å². The number of hydrogen-bond acceptors (Lipinski definition) is 3. The summed E-state index contributed by atoms with van der Waals surface area (Å²) in [5, 5.41) is 7.78. The number of aryl methyl sites for hydroxylation is 2. The van der Waals surface area contributed by atoms with Crippen molar-refractivity contribution >= 4 is 18.3 Å². The van der Waals surface area contributed by atoms with Gasteiger partial charge in [-0.05, 0) is 55.2 Å². The highest BCUT2D eigenvalue weighted by molar-refractivity contribution is 5.85. The lowest BCUT2D eigenvalue weighted by atomic mass is 9.73. The van der Waals surface area contributed by atoms with E-state index in [0.29, 0.717) is 23.9 Å². The van der Waals surface area contributed by atoms with Crippen molar-refractivity contribution in [2.45, 2.75) is 56.5 Å². The number of carbonyl (C=O) groups is 1. The van der Waals surface area contributed by atoms with Crippen LogP contribution in [0.1, 0.15) is 54.2 Å². The first-order chi connectivity index (χ1) is 13.6. The SMILES string of the molecule is Cc1ccccc1C1CC(N(C(=O)[C@H]2CNC[C@@H]2c2cnn(C)c2)C2CC2)C1.Cl. The van der Waals surface area contributed by atoms with E-state index in [1.165, 1.54) is 29.5 Å². The first kappa shape index (κ1) is 20.4. The quantitative estimate of drug-likeness (QED) is 0.815. The summed E-state index contributed by atoms with van der Waals surface area (Å²) >= 11 is 0. The molecule has 1 N–H and O–H groups in total. The Bertz CT molecular complexity index is 871. The Balaban J connectivity index is 0.00000205. The molecule has 2 saturated carbocycles. The Morgan fingerprint density at radius 2 is 1.93 bits per heavy atom. The normalized spacial score (nSPS) is 28.5. The van der Waals surface area contributed by atoms with Gasteiger partial charge >= 0.3 is 0 Å². The predicted molar refractivity (Wildman–Crippen MR) is 116 cm³/mol. The van der Waals surface area contributed by atoms with Crippen molar-refractivity contribution in [3.05, 3.63) is 53.3 Å². The van der Waals surface area contributed by atoms with Crippen LogP contribution in [0.25, 0.3) is 0 Å². The van der Waals surface area contributed by atoms with Crippen LogP contribution in [0.15, 0.2) is 36.7 Å². The summed E-state index contributed by atoms with van der Waals surface area (Å²) < 4.78 is 1.84. The summed E-state index contributed by atoms with van der Waals surface area (Å²) in [6.45, 7) is 3.86. The zero-order valence-corrected chi connectivity index (χ0v) is 18.1. The van der Waals surface area contributed by atoms with Crippen molar-refractivity contribution in [2.24, 2.45) is 13.0 Å². The van der Waals surface area contributed by atoms with Crippen LogP contribution in [0.3, 0.4) is 0 Å². The molecule has 29 heavy (non-hydrogen) atoms. The molecule has 0 radical (unpaired) electrons. The first-order valence-electron chi connectivity index (χ1n) is 10.7. The van der Waals surface area contributed by atoms with Crippen molar-refractivity contribution < 1.29 is 4.79 Å². The van der Waals surface area contributed by atoms with Gasteiger partial charge in [0, 0.05) is 44.3 Å². The van der Waals surface area contributed by atoms with E-state index in [0.717, 1.165) is 25.9 Å². The Hall–Kier alpha value is -1.85. The topological polar surface area (TPSA) is 50.2 Å². The van der Waals surface area contributed by atoms with E-state index in [1.807, 2.05) is 17.9 Å². The second-order valence-corrected chi connectivity index (χ2v) is 8.97. The Labute approximate surface area is 179 Å². The number of rotatable bonds is 5. The molecule has 1 amide bonds. The smallest absolute Gasteiger partial charge is 0.228 e. The highest BCUT2D eigenvalue weighted by Crippen LogP contribution is 2.45. The molecule has 5 rings (SSSR count). The highest BCUT2D eigenvalue weighted by atomic mass is 35.5. The minimum absolute atomic E-state index is 0. The van der Waals surface area contributed by atoms with Gasteiger partial charge in [0.2, 0.25) is 5.91 Å². The summed E-state index contributed by atoms with van der Waals surface area (Å²) in [7, 11) is 1.94. The molecular weight excluding hydrogens is 384 g/mol. The minimum atomic E-state index is 0. The van der Waals surface area contributed by atoms with Crippen molar-refractivity contribution in [3.8, 4) is 0 Å². The number of hydrogen-bond donors (Lipinski definition) is 1. The summed E-state index contributed by atoms with van der Waals surface area (Å²) in [5.41, 5.74) is 4.04. The zero-order chi connectivity index (χ0) is 19.3. The predicted octanol–water partition coefficient (Wildman–Crippen LogP) is 3.39. The molecule has 0 bridgehead atoms. The van der Waals surface area contributed by atoms with Crippen molar-refractivity contribution in [1.82, 2.24) is 20.0 Å². The van der Waals surface area contributed by atoms with Gasteiger partial charge in [-0.2, -0.15) is 5.10 Å². The number of nitrogens with zero attached hydrogens (tertiary/aromatic N) is 3. The number of carbonyl (C=O) groups excluding carboxylic acids is 1. The second-order valence-electron chi connectivity index (χ2n) is 8.97. The maximum atomic E-state index is 13.6. The van der Waals surface area contributed by atoms with Gasteiger partial charge in [0.05, 0.1) is 12.1 Å². The zero-order valence-electron chi connectivity index (χ0n) is 17.3. The van der Waals surface area contributed by atoms with Gasteiger partial charge < -0.3 is 10.2 Å². The molecule has 1 aromatic carbocycles. The number of aromatic nitrogens is 2. The van der Waals surface area contributed by atoms with E-state index < -0.39 is 0 Å². The third kappa shape index (κ3) is 3.82. The van der Waals surface area contributed by atoms with Crippen LogP contribution in [0.5, 0.6) is 0 Å². The van der Waals surface area contributed by atoms with E-state index in [2.05, 4.69) is 52.7 Å². The molecule has 1 aromatic heterocycles. The maximum absolute atomic E-state index is 13.6. The fourth-order valence-corrected chi connectivity index (χ4v) is 5.24. The van der Waals surface area contributed by atoms with E-state index in [4.69, 9.17) is 0 Å².